The predicted octanol–water partition coefficient (Wildman–Crippen LogP) is 3.77. The molecule has 0 bridgehead atoms. The summed E-state index contributed by atoms with van der Waals surface area (Å²) in [5.74, 6) is 0.764. The largest absolute Gasteiger partial charge is 0.347 e. The number of pyridine rings is 1. The third-order valence-corrected chi connectivity index (χ3v) is 5.76. The van der Waals surface area contributed by atoms with E-state index in [1.807, 2.05) is 53.0 Å². The molecule has 0 saturated carbocycles. The first-order chi connectivity index (χ1) is 14.2. The number of carbonyl (C=O) groups excluding carboxylic acids is 1. The molecule has 2 aromatic heterocycles. The summed E-state index contributed by atoms with van der Waals surface area (Å²) in [7, 11) is 1.91. The van der Waals surface area contributed by atoms with Crippen molar-refractivity contribution in [2.45, 2.75) is 25.3 Å². The Hall–Kier alpha value is -2.92. The highest BCUT2D eigenvalue weighted by Crippen LogP contribution is 2.24. The van der Waals surface area contributed by atoms with E-state index in [4.69, 9.17) is 0 Å². The molecule has 3 aromatic rings. The van der Waals surface area contributed by atoms with E-state index in [9.17, 15) is 4.79 Å². The maximum Gasteiger partial charge on any atom is 0.276 e. The van der Waals surface area contributed by atoms with E-state index < -0.39 is 0 Å². The van der Waals surface area contributed by atoms with Gasteiger partial charge in [0, 0.05) is 45.1 Å². The minimum atomic E-state index is 0.0268. The zero-order valence-electron chi connectivity index (χ0n) is 16.9. The van der Waals surface area contributed by atoms with Crippen molar-refractivity contribution in [2.24, 2.45) is 7.05 Å². The number of likely N-dealkylation sites (tertiary alicyclic amines) is 1. The number of amides is 1. The van der Waals surface area contributed by atoms with Crippen molar-refractivity contribution < 1.29 is 4.79 Å². The van der Waals surface area contributed by atoms with Gasteiger partial charge in [0.2, 0.25) is 0 Å². The van der Waals surface area contributed by atoms with E-state index in [0.717, 1.165) is 44.7 Å². The van der Waals surface area contributed by atoms with E-state index in [2.05, 4.69) is 40.2 Å². The smallest absolute Gasteiger partial charge is 0.276 e. The minimum absolute atomic E-state index is 0.0268. The van der Waals surface area contributed by atoms with E-state index in [0.29, 0.717) is 5.69 Å². The van der Waals surface area contributed by atoms with Gasteiger partial charge in [0.05, 0.1) is 0 Å². The highest BCUT2D eigenvalue weighted by molar-refractivity contribution is 6.05. The van der Waals surface area contributed by atoms with Crippen molar-refractivity contribution >= 4 is 11.7 Å². The van der Waals surface area contributed by atoms with Crippen LogP contribution in [0.5, 0.6) is 0 Å². The Balaban J connectivity index is 1.44. The summed E-state index contributed by atoms with van der Waals surface area (Å²) >= 11 is 0. The number of piperidine rings is 1. The first-order valence-electron chi connectivity index (χ1n) is 10.3. The maximum atomic E-state index is 13.4. The molecule has 4 rings (SSSR count). The van der Waals surface area contributed by atoms with Crippen LogP contribution in [0.15, 0.2) is 73.1 Å². The number of hydrogen-bond acceptors (Lipinski definition) is 3. The summed E-state index contributed by atoms with van der Waals surface area (Å²) in [5.41, 5.74) is 2.07. The third-order valence-electron chi connectivity index (χ3n) is 5.76. The second-order valence-corrected chi connectivity index (χ2v) is 7.68. The second-order valence-electron chi connectivity index (χ2n) is 7.68. The van der Waals surface area contributed by atoms with Crippen LogP contribution in [0, 0.1) is 0 Å². The van der Waals surface area contributed by atoms with E-state index in [1.165, 1.54) is 5.56 Å². The lowest BCUT2D eigenvalue weighted by Crippen LogP contribution is -2.48. The van der Waals surface area contributed by atoms with E-state index in [1.54, 1.807) is 6.20 Å². The van der Waals surface area contributed by atoms with Gasteiger partial charge in [0.25, 0.3) is 5.91 Å². The van der Waals surface area contributed by atoms with Crippen molar-refractivity contribution in [2.75, 3.05) is 24.5 Å². The number of rotatable bonds is 6. The van der Waals surface area contributed by atoms with Crippen molar-refractivity contribution in [1.29, 1.82) is 0 Å². The fourth-order valence-electron chi connectivity index (χ4n) is 4.09. The van der Waals surface area contributed by atoms with Gasteiger partial charge < -0.3 is 9.47 Å². The van der Waals surface area contributed by atoms with Gasteiger partial charge in [-0.1, -0.05) is 36.4 Å². The van der Waals surface area contributed by atoms with Crippen LogP contribution >= 0.6 is 0 Å². The van der Waals surface area contributed by atoms with Crippen molar-refractivity contribution in [3.63, 3.8) is 0 Å². The molecule has 0 aliphatic carbocycles. The number of hydrogen-bond donors (Lipinski definition) is 0. The SMILES string of the molecule is Cn1cccc1C(=O)N(c1ccccn1)C1CCN(CCc2ccccc2)CC1. The Kier molecular flexibility index (Phi) is 6.06. The van der Waals surface area contributed by atoms with Crippen LogP contribution in [0.3, 0.4) is 0 Å². The van der Waals surface area contributed by atoms with Crippen LogP contribution in [-0.4, -0.2) is 46.0 Å². The average molecular weight is 389 g/mol. The van der Waals surface area contributed by atoms with Crippen molar-refractivity contribution in [3.05, 3.63) is 84.3 Å². The van der Waals surface area contributed by atoms with Gasteiger partial charge in [-0.3, -0.25) is 9.69 Å². The van der Waals surface area contributed by atoms with Crippen LogP contribution in [0.2, 0.25) is 0 Å². The molecule has 0 spiro atoms. The van der Waals surface area contributed by atoms with Gasteiger partial charge in [0.15, 0.2) is 0 Å². The molecule has 1 aromatic carbocycles. The normalized spacial score (nSPS) is 15.3. The molecular formula is C24H28N4O. The molecule has 0 atom stereocenters. The monoisotopic (exact) mass is 388 g/mol. The first kappa shape index (κ1) is 19.4. The molecule has 150 valence electrons. The van der Waals surface area contributed by atoms with E-state index >= 15 is 0 Å². The zero-order chi connectivity index (χ0) is 20.1. The summed E-state index contributed by atoms with van der Waals surface area (Å²) in [6.45, 7) is 3.06. The summed E-state index contributed by atoms with van der Waals surface area (Å²) < 4.78 is 1.88. The second kappa shape index (κ2) is 9.05. The first-order valence-corrected chi connectivity index (χ1v) is 10.3. The number of aryl methyl sites for hydroxylation is 1. The summed E-state index contributed by atoms with van der Waals surface area (Å²) in [4.78, 5) is 22.3. The van der Waals surface area contributed by atoms with Crippen LogP contribution in [-0.2, 0) is 13.5 Å². The van der Waals surface area contributed by atoms with Gasteiger partial charge in [-0.15, -0.1) is 0 Å². The molecule has 5 nitrogen and oxygen atoms in total. The molecule has 1 aliphatic heterocycles. The minimum Gasteiger partial charge on any atom is -0.347 e. The number of aromatic nitrogens is 2. The molecule has 3 heterocycles. The highest BCUT2D eigenvalue weighted by Gasteiger charge is 2.31. The number of carbonyl (C=O) groups is 1. The fraction of sp³-hybridized carbons (Fsp3) is 0.333. The molecule has 29 heavy (non-hydrogen) atoms. The van der Waals surface area contributed by atoms with Gasteiger partial charge in [-0.05, 0) is 49.1 Å². The molecule has 1 aliphatic rings. The lowest BCUT2D eigenvalue weighted by atomic mass is 10.0. The number of benzene rings is 1. The van der Waals surface area contributed by atoms with Crippen LogP contribution in [0.1, 0.15) is 28.9 Å². The molecule has 1 amide bonds. The van der Waals surface area contributed by atoms with Gasteiger partial charge >= 0.3 is 0 Å². The topological polar surface area (TPSA) is 41.4 Å². The number of nitrogens with zero attached hydrogens (tertiary/aromatic N) is 4. The van der Waals surface area contributed by atoms with Gasteiger partial charge in [-0.25, -0.2) is 4.98 Å². The summed E-state index contributed by atoms with van der Waals surface area (Å²) in [5, 5.41) is 0. The van der Waals surface area contributed by atoms with Crippen LogP contribution in [0.4, 0.5) is 5.82 Å². The Labute approximate surface area is 172 Å². The Bertz CT molecular complexity index is 914. The third kappa shape index (κ3) is 4.57. The number of anilines is 1. The average Bonchev–Trinajstić information content (AvgIpc) is 3.21. The predicted molar refractivity (Wildman–Crippen MR) is 116 cm³/mol. The molecule has 0 radical (unpaired) electrons. The lowest BCUT2D eigenvalue weighted by molar-refractivity contribution is 0.0951. The molecule has 0 N–H and O–H groups in total. The summed E-state index contributed by atoms with van der Waals surface area (Å²) in [6, 6.07) is 20.4. The lowest BCUT2D eigenvalue weighted by Gasteiger charge is -2.38. The molecular weight excluding hydrogens is 360 g/mol. The maximum absolute atomic E-state index is 13.4. The standard InChI is InChI=1S/C24H28N4O/c1-26-16-7-10-22(26)24(29)28(23-11-5-6-15-25-23)21-13-18-27(19-14-21)17-12-20-8-3-2-4-9-20/h2-11,15-16,21H,12-14,17-19H2,1H3. The summed E-state index contributed by atoms with van der Waals surface area (Å²) in [6.07, 6.45) is 6.66. The Morgan fingerprint density at radius 1 is 1.03 bits per heavy atom. The Morgan fingerprint density at radius 3 is 2.45 bits per heavy atom. The molecule has 5 heteroatoms. The van der Waals surface area contributed by atoms with Crippen LogP contribution in [0.25, 0.3) is 0 Å². The fourth-order valence-corrected chi connectivity index (χ4v) is 4.09. The molecule has 0 unspecified atom stereocenters. The zero-order valence-corrected chi connectivity index (χ0v) is 16.9. The van der Waals surface area contributed by atoms with Crippen molar-refractivity contribution in [3.8, 4) is 0 Å². The van der Waals surface area contributed by atoms with E-state index in [-0.39, 0.29) is 11.9 Å². The van der Waals surface area contributed by atoms with Crippen LogP contribution < -0.4 is 4.90 Å². The van der Waals surface area contributed by atoms with Gasteiger partial charge in [0.1, 0.15) is 11.5 Å². The van der Waals surface area contributed by atoms with Crippen molar-refractivity contribution in [1.82, 2.24) is 14.5 Å². The highest BCUT2D eigenvalue weighted by atomic mass is 16.2. The quantitative estimate of drug-likeness (QED) is 0.645. The Morgan fingerprint density at radius 2 is 1.79 bits per heavy atom. The molecule has 1 saturated heterocycles. The van der Waals surface area contributed by atoms with Gasteiger partial charge in [-0.2, -0.15) is 0 Å². The molecule has 1 fully saturated rings.